The van der Waals surface area contributed by atoms with Crippen LogP contribution in [0.3, 0.4) is 0 Å². The molecule has 0 amide bonds. The first-order valence-corrected chi connectivity index (χ1v) is 3.71. The zero-order chi connectivity index (χ0) is 7.72. The van der Waals surface area contributed by atoms with E-state index in [1.54, 1.807) is 13.0 Å². The molecule has 1 aliphatic heterocycles. The maximum absolute atomic E-state index is 10.8. The molecular weight excluding hydrogens is 196 g/mol. The molecule has 0 fully saturated rings. The molecule has 0 atom stereocenters. The number of cyclic esters (lactones) is 1. The molecule has 0 aliphatic carbocycles. The molecule has 0 unspecified atom stereocenters. The summed E-state index contributed by atoms with van der Waals surface area (Å²) in [5.41, 5.74) is 0.633. The number of halogens is 1. The van der Waals surface area contributed by atoms with Crippen molar-refractivity contribution in [2.24, 2.45) is 0 Å². The Kier molecular flexibility index (Phi) is 1.94. The molecule has 0 N–H and O–H groups in total. The van der Waals surface area contributed by atoms with E-state index in [2.05, 4.69) is 15.9 Å². The van der Waals surface area contributed by atoms with Gasteiger partial charge in [-0.1, -0.05) is 0 Å². The molecule has 0 aromatic carbocycles. The van der Waals surface area contributed by atoms with Crippen molar-refractivity contribution < 1.29 is 9.53 Å². The number of carbonyl (C=O) groups is 1. The predicted octanol–water partition coefficient (Wildman–Crippen LogP) is 2.12. The SMILES string of the molecule is CC=C1OC(=O)C(C)=C1Br. The first-order valence-electron chi connectivity index (χ1n) is 2.92. The highest BCUT2D eigenvalue weighted by atomic mass is 79.9. The molecule has 54 valence electrons. The van der Waals surface area contributed by atoms with Crippen LogP contribution in [0.5, 0.6) is 0 Å². The van der Waals surface area contributed by atoms with Gasteiger partial charge in [-0.3, -0.25) is 0 Å². The standard InChI is InChI=1S/C7H7BrO2/c1-3-5-6(8)4(2)7(9)10-5/h3H,1-2H3. The van der Waals surface area contributed by atoms with Gasteiger partial charge in [0.2, 0.25) is 0 Å². The van der Waals surface area contributed by atoms with Gasteiger partial charge in [0, 0.05) is 0 Å². The van der Waals surface area contributed by atoms with Crippen molar-refractivity contribution >= 4 is 21.9 Å². The van der Waals surface area contributed by atoms with Crippen LogP contribution in [0.2, 0.25) is 0 Å². The number of rotatable bonds is 0. The smallest absolute Gasteiger partial charge is 0.340 e. The normalized spacial score (nSPS) is 22.3. The van der Waals surface area contributed by atoms with Crippen molar-refractivity contribution in [2.75, 3.05) is 0 Å². The average molecular weight is 203 g/mol. The van der Waals surface area contributed by atoms with Gasteiger partial charge >= 0.3 is 5.97 Å². The second-order valence-corrected chi connectivity index (χ2v) is 2.77. The van der Waals surface area contributed by atoms with Gasteiger partial charge in [0.15, 0.2) is 0 Å². The lowest BCUT2D eigenvalue weighted by Crippen LogP contribution is -1.94. The third-order valence-electron chi connectivity index (χ3n) is 1.32. The van der Waals surface area contributed by atoms with E-state index in [-0.39, 0.29) is 5.97 Å². The van der Waals surface area contributed by atoms with Crippen LogP contribution in [0.15, 0.2) is 21.9 Å². The minimum absolute atomic E-state index is 0.264. The fraction of sp³-hybridized carbons (Fsp3) is 0.286. The summed E-state index contributed by atoms with van der Waals surface area (Å²) in [6.07, 6.45) is 1.75. The lowest BCUT2D eigenvalue weighted by molar-refractivity contribution is -0.133. The molecule has 1 heterocycles. The Morgan fingerprint density at radius 2 is 2.20 bits per heavy atom. The van der Waals surface area contributed by atoms with Gasteiger partial charge < -0.3 is 4.74 Å². The van der Waals surface area contributed by atoms with Gasteiger partial charge in [0.25, 0.3) is 0 Å². The summed E-state index contributed by atoms with van der Waals surface area (Å²) in [7, 11) is 0. The van der Waals surface area contributed by atoms with Crippen LogP contribution in [0.1, 0.15) is 13.8 Å². The summed E-state index contributed by atoms with van der Waals surface area (Å²) in [6.45, 7) is 3.55. The van der Waals surface area contributed by atoms with Crippen molar-refractivity contribution in [3.8, 4) is 0 Å². The second-order valence-electron chi connectivity index (χ2n) is 1.98. The molecule has 1 aliphatic rings. The quantitative estimate of drug-likeness (QED) is 0.563. The highest BCUT2D eigenvalue weighted by Crippen LogP contribution is 2.29. The Balaban J connectivity index is 3.06. The molecule has 0 spiro atoms. The summed E-state index contributed by atoms with van der Waals surface area (Å²) >= 11 is 3.24. The predicted molar refractivity (Wildman–Crippen MR) is 41.5 cm³/mol. The van der Waals surface area contributed by atoms with Crippen LogP contribution in [0.4, 0.5) is 0 Å². The van der Waals surface area contributed by atoms with E-state index < -0.39 is 0 Å². The van der Waals surface area contributed by atoms with Crippen molar-refractivity contribution in [1.29, 1.82) is 0 Å². The molecule has 0 radical (unpaired) electrons. The van der Waals surface area contributed by atoms with Crippen molar-refractivity contribution in [3.63, 3.8) is 0 Å². The average Bonchev–Trinajstić information content (AvgIpc) is 2.17. The van der Waals surface area contributed by atoms with Crippen LogP contribution < -0.4 is 0 Å². The Morgan fingerprint density at radius 3 is 2.40 bits per heavy atom. The zero-order valence-electron chi connectivity index (χ0n) is 5.77. The summed E-state index contributed by atoms with van der Waals surface area (Å²) in [5, 5.41) is 0. The van der Waals surface area contributed by atoms with Crippen LogP contribution in [-0.4, -0.2) is 5.97 Å². The van der Waals surface area contributed by atoms with E-state index in [1.165, 1.54) is 0 Å². The second kappa shape index (κ2) is 2.58. The van der Waals surface area contributed by atoms with Crippen LogP contribution in [0.25, 0.3) is 0 Å². The summed E-state index contributed by atoms with van der Waals surface area (Å²) in [5.74, 6) is 0.350. The minimum Gasteiger partial charge on any atom is -0.422 e. The molecule has 2 nitrogen and oxygen atoms in total. The lowest BCUT2D eigenvalue weighted by atomic mass is 10.3. The molecule has 1 rings (SSSR count). The maximum Gasteiger partial charge on any atom is 0.340 e. The molecule has 0 bridgehead atoms. The molecule has 0 saturated carbocycles. The first-order chi connectivity index (χ1) is 4.66. The topological polar surface area (TPSA) is 26.3 Å². The van der Waals surface area contributed by atoms with E-state index in [0.29, 0.717) is 11.3 Å². The minimum atomic E-state index is -0.264. The molecule has 0 aromatic heterocycles. The number of allylic oxidation sites excluding steroid dienone is 2. The van der Waals surface area contributed by atoms with Crippen molar-refractivity contribution in [2.45, 2.75) is 13.8 Å². The molecule has 0 aromatic rings. The van der Waals surface area contributed by atoms with Gasteiger partial charge in [0.1, 0.15) is 5.76 Å². The van der Waals surface area contributed by atoms with Crippen molar-refractivity contribution in [1.82, 2.24) is 0 Å². The number of carbonyl (C=O) groups excluding carboxylic acids is 1. The van der Waals surface area contributed by atoms with Gasteiger partial charge in [-0.2, -0.15) is 0 Å². The Morgan fingerprint density at radius 1 is 1.60 bits per heavy atom. The fourth-order valence-corrected chi connectivity index (χ4v) is 1.15. The highest BCUT2D eigenvalue weighted by molar-refractivity contribution is 9.12. The highest BCUT2D eigenvalue weighted by Gasteiger charge is 2.23. The van der Waals surface area contributed by atoms with Crippen LogP contribution in [-0.2, 0) is 9.53 Å². The van der Waals surface area contributed by atoms with Gasteiger partial charge in [-0.05, 0) is 35.9 Å². The molecular formula is C7H7BrO2. The monoisotopic (exact) mass is 202 g/mol. The molecule has 3 heteroatoms. The summed E-state index contributed by atoms with van der Waals surface area (Å²) in [4.78, 5) is 10.8. The number of ether oxygens (including phenoxy) is 1. The summed E-state index contributed by atoms with van der Waals surface area (Å²) < 4.78 is 5.60. The van der Waals surface area contributed by atoms with E-state index >= 15 is 0 Å². The Labute approximate surface area is 67.7 Å². The van der Waals surface area contributed by atoms with E-state index in [9.17, 15) is 4.79 Å². The van der Waals surface area contributed by atoms with Crippen LogP contribution in [0, 0.1) is 0 Å². The number of hydrogen-bond acceptors (Lipinski definition) is 2. The fourth-order valence-electron chi connectivity index (χ4n) is 0.681. The number of esters is 1. The molecule has 0 saturated heterocycles. The van der Waals surface area contributed by atoms with Gasteiger partial charge in [-0.15, -0.1) is 0 Å². The largest absolute Gasteiger partial charge is 0.422 e. The van der Waals surface area contributed by atoms with Gasteiger partial charge in [0.05, 0.1) is 10.1 Å². The van der Waals surface area contributed by atoms with E-state index in [1.807, 2.05) is 6.92 Å². The third-order valence-corrected chi connectivity index (χ3v) is 2.30. The lowest BCUT2D eigenvalue weighted by Gasteiger charge is -1.92. The summed E-state index contributed by atoms with van der Waals surface area (Å²) in [6, 6.07) is 0. The number of hydrogen-bond donors (Lipinski definition) is 0. The Bertz CT molecular complexity index is 238. The van der Waals surface area contributed by atoms with E-state index in [0.717, 1.165) is 4.48 Å². The first kappa shape index (κ1) is 7.54. The van der Waals surface area contributed by atoms with Crippen LogP contribution >= 0.6 is 15.9 Å². The Hall–Kier alpha value is -0.570. The third kappa shape index (κ3) is 1.01. The zero-order valence-corrected chi connectivity index (χ0v) is 7.36. The van der Waals surface area contributed by atoms with E-state index in [4.69, 9.17) is 4.74 Å². The van der Waals surface area contributed by atoms with Gasteiger partial charge in [-0.25, -0.2) is 4.79 Å². The maximum atomic E-state index is 10.8. The molecule has 10 heavy (non-hydrogen) atoms. The van der Waals surface area contributed by atoms with Crippen molar-refractivity contribution in [3.05, 3.63) is 21.9 Å².